The van der Waals surface area contributed by atoms with Crippen LogP contribution in [-0.2, 0) is 16.0 Å². The molecule has 2 heterocycles. The van der Waals surface area contributed by atoms with Crippen LogP contribution in [0.3, 0.4) is 0 Å². The fourth-order valence-electron chi connectivity index (χ4n) is 5.06. The molecule has 0 saturated carbocycles. The highest BCUT2D eigenvalue weighted by Gasteiger charge is 2.31. The van der Waals surface area contributed by atoms with Crippen LogP contribution >= 0.6 is 22.7 Å². The maximum atomic E-state index is 13.0. The Morgan fingerprint density at radius 1 is 0.795 bits per heavy atom. The number of esters is 1. The lowest BCUT2D eigenvalue weighted by Gasteiger charge is -2.10. The molecule has 1 aliphatic rings. The average molecular weight is 555 g/mol. The van der Waals surface area contributed by atoms with Gasteiger partial charge < -0.3 is 9.47 Å². The number of aryl methyl sites for hydroxylation is 1. The normalized spacial score (nSPS) is 12.6. The van der Waals surface area contributed by atoms with Crippen molar-refractivity contribution in [1.29, 1.82) is 0 Å². The van der Waals surface area contributed by atoms with Crippen molar-refractivity contribution in [3.8, 4) is 25.9 Å². The second-order valence-electron chi connectivity index (χ2n) is 9.68. The smallest absolute Gasteiger partial charge is 0.339 e. The Balaban J connectivity index is 1.40. The van der Waals surface area contributed by atoms with Gasteiger partial charge in [0.15, 0.2) is 0 Å². The Labute approximate surface area is 239 Å². The number of hydrogen-bond donors (Lipinski definition) is 0. The van der Waals surface area contributed by atoms with E-state index in [4.69, 9.17) is 9.47 Å². The highest BCUT2D eigenvalue weighted by molar-refractivity contribution is 7.23. The summed E-state index contributed by atoms with van der Waals surface area (Å²) in [6, 6.07) is 23.3. The maximum Gasteiger partial charge on any atom is 0.339 e. The van der Waals surface area contributed by atoms with Crippen molar-refractivity contribution in [1.82, 2.24) is 0 Å². The Bertz CT molecular complexity index is 1520. The van der Waals surface area contributed by atoms with Crippen LogP contribution in [0.4, 0.5) is 0 Å². The lowest BCUT2D eigenvalue weighted by atomic mass is 9.96. The number of hydrogen-bond acceptors (Lipinski definition) is 5. The number of thiophene rings is 2. The van der Waals surface area contributed by atoms with Crippen LogP contribution in [0.15, 0.2) is 78.9 Å². The topological polar surface area (TPSA) is 35.5 Å². The molecule has 0 spiro atoms. The van der Waals surface area contributed by atoms with E-state index in [1.54, 1.807) is 7.11 Å². The molecule has 0 fully saturated rings. The minimum atomic E-state index is -0.347. The predicted molar refractivity (Wildman–Crippen MR) is 166 cm³/mol. The van der Waals surface area contributed by atoms with E-state index in [0.29, 0.717) is 17.8 Å². The van der Waals surface area contributed by atoms with Crippen molar-refractivity contribution in [2.24, 2.45) is 0 Å². The molecule has 0 amide bonds. The highest BCUT2D eigenvalue weighted by atomic mass is 32.1. The fraction of sp³-hybridized carbons (Fsp3) is 0.265. The van der Waals surface area contributed by atoms with E-state index in [1.807, 2.05) is 47.8 Å². The molecular weight excluding hydrogens is 521 g/mol. The monoisotopic (exact) mass is 554 g/mol. The molecule has 200 valence electrons. The Kier molecular flexibility index (Phi) is 8.49. The first-order chi connectivity index (χ1) is 19.0. The molecule has 0 radical (unpaired) electrons. The molecule has 5 rings (SSSR count). The Morgan fingerprint density at radius 2 is 1.51 bits per heavy atom. The van der Waals surface area contributed by atoms with Gasteiger partial charge in [0.05, 0.1) is 19.3 Å². The van der Waals surface area contributed by atoms with Crippen molar-refractivity contribution in [2.45, 2.75) is 46.0 Å². The summed E-state index contributed by atoms with van der Waals surface area (Å²) in [5, 5.41) is 0. The third-order valence-electron chi connectivity index (χ3n) is 7.10. The van der Waals surface area contributed by atoms with Crippen molar-refractivity contribution >= 4 is 39.8 Å². The number of methoxy groups -OCH3 is 1. The minimum Gasteiger partial charge on any atom is -0.497 e. The lowest BCUT2D eigenvalue weighted by Crippen LogP contribution is -2.08. The van der Waals surface area contributed by atoms with Gasteiger partial charge in [0, 0.05) is 25.1 Å². The molecule has 3 nitrogen and oxygen atoms in total. The first-order valence-corrected chi connectivity index (χ1v) is 15.3. The summed E-state index contributed by atoms with van der Waals surface area (Å²) >= 11 is 3.74. The third kappa shape index (κ3) is 5.66. The Hall–Kier alpha value is -3.41. The van der Waals surface area contributed by atoms with E-state index in [9.17, 15) is 4.79 Å². The van der Waals surface area contributed by atoms with E-state index in [1.165, 1.54) is 51.6 Å². The number of rotatable bonds is 11. The second-order valence-corrected chi connectivity index (χ2v) is 11.9. The van der Waals surface area contributed by atoms with E-state index in [2.05, 4.69) is 62.0 Å². The summed E-state index contributed by atoms with van der Waals surface area (Å²) in [6.07, 6.45) is 6.36. The number of ether oxygens (including phenoxy) is 2. The zero-order valence-corrected chi connectivity index (χ0v) is 24.5. The van der Waals surface area contributed by atoms with Crippen molar-refractivity contribution in [3.05, 3.63) is 100 Å². The molecule has 0 bridgehead atoms. The summed E-state index contributed by atoms with van der Waals surface area (Å²) < 4.78 is 10.8. The molecule has 39 heavy (non-hydrogen) atoms. The van der Waals surface area contributed by atoms with Gasteiger partial charge in [-0.25, -0.2) is 4.79 Å². The van der Waals surface area contributed by atoms with Gasteiger partial charge in [-0.2, -0.15) is 0 Å². The zero-order chi connectivity index (χ0) is 27.4. The van der Waals surface area contributed by atoms with E-state index < -0.39 is 0 Å². The van der Waals surface area contributed by atoms with Crippen LogP contribution in [-0.4, -0.2) is 19.7 Å². The van der Waals surface area contributed by atoms with Gasteiger partial charge in [-0.15, -0.1) is 22.7 Å². The number of fused-ring (bicyclic) bond motifs is 1. The molecule has 5 heteroatoms. The van der Waals surface area contributed by atoms with Gasteiger partial charge in [0.25, 0.3) is 0 Å². The Morgan fingerprint density at radius 3 is 2.26 bits per heavy atom. The standard InChI is InChI=1S/C34H34O3S2/c1-5-7-8-9-10-26-16-18-30(38-26)31-20-19-29(39-31)23-11-13-24(14-12-23)33-27-17-15-25(36-4)21-28(27)22(3)32(33)34(35)37-6-2/h11-21H,3,5-10H2,1-2,4H3. The maximum absolute atomic E-state index is 13.0. The van der Waals surface area contributed by atoms with Crippen LogP contribution in [0.1, 0.15) is 61.1 Å². The van der Waals surface area contributed by atoms with Crippen LogP contribution in [0.25, 0.3) is 31.3 Å². The molecule has 2 aromatic carbocycles. The summed E-state index contributed by atoms with van der Waals surface area (Å²) in [5.74, 6) is 0.387. The summed E-state index contributed by atoms with van der Waals surface area (Å²) in [5.41, 5.74) is 6.06. The number of carbonyl (C=O) groups excluding carboxylic acids is 1. The molecule has 4 aromatic rings. The van der Waals surface area contributed by atoms with Crippen LogP contribution in [0.5, 0.6) is 5.75 Å². The largest absolute Gasteiger partial charge is 0.497 e. The quantitative estimate of drug-likeness (QED) is 0.137. The predicted octanol–water partition coefficient (Wildman–Crippen LogP) is 9.67. The molecule has 0 aliphatic heterocycles. The first-order valence-electron chi connectivity index (χ1n) is 13.6. The average Bonchev–Trinajstić information content (AvgIpc) is 3.69. The van der Waals surface area contributed by atoms with Gasteiger partial charge in [-0.3, -0.25) is 0 Å². The first kappa shape index (κ1) is 27.2. The van der Waals surface area contributed by atoms with Gasteiger partial charge >= 0.3 is 5.97 Å². The van der Waals surface area contributed by atoms with Gasteiger partial charge in [0.1, 0.15) is 5.75 Å². The van der Waals surface area contributed by atoms with Crippen molar-refractivity contribution < 1.29 is 14.3 Å². The number of benzene rings is 2. The molecular formula is C34H34O3S2. The summed E-state index contributed by atoms with van der Waals surface area (Å²) in [4.78, 5) is 18.4. The SMILES string of the molecule is C=C1C(C(=O)OCC)=C(c2ccc(-c3ccc(-c4ccc(CCCCCC)s4)s3)cc2)c2ccc(OC)cc21. The minimum absolute atomic E-state index is 0.312. The van der Waals surface area contributed by atoms with E-state index >= 15 is 0 Å². The third-order valence-corrected chi connectivity index (χ3v) is 9.57. The lowest BCUT2D eigenvalue weighted by molar-refractivity contribution is -0.137. The van der Waals surface area contributed by atoms with Gasteiger partial charge in [-0.05, 0) is 84.0 Å². The van der Waals surface area contributed by atoms with Crippen LogP contribution < -0.4 is 4.74 Å². The zero-order valence-electron chi connectivity index (χ0n) is 22.8. The van der Waals surface area contributed by atoms with Crippen LogP contribution in [0.2, 0.25) is 0 Å². The highest BCUT2D eigenvalue weighted by Crippen LogP contribution is 2.46. The number of carbonyl (C=O) groups is 1. The van der Waals surface area contributed by atoms with Crippen molar-refractivity contribution in [3.63, 3.8) is 0 Å². The van der Waals surface area contributed by atoms with E-state index in [-0.39, 0.29) is 5.97 Å². The summed E-state index contributed by atoms with van der Waals surface area (Å²) in [6.45, 7) is 8.63. The second kappa shape index (κ2) is 12.2. The summed E-state index contributed by atoms with van der Waals surface area (Å²) in [7, 11) is 1.64. The molecule has 0 atom stereocenters. The fourth-order valence-corrected chi connectivity index (χ4v) is 7.22. The van der Waals surface area contributed by atoms with Crippen molar-refractivity contribution in [2.75, 3.05) is 13.7 Å². The number of unbranched alkanes of at least 4 members (excludes halogenated alkanes) is 3. The molecule has 0 unspecified atom stereocenters. The molecule has 0 saturated heterocycles. The molecule has 0 N–H and O–H groups in total. The van der Waals surface area contributed by atoms with E-state index in [0.717, 1.165) is 33.6 Å². The van der Waals surface area contributed by atoms with Gasteiger partial charge in [0.2, 0.25) is 0 Å². The van der Waals surface area contributed by atoms with Crippen LogP contribution in [0, 0.1) is 0 Å². The molecule has 2 aromatic heterocycles. The molecule has 1 aliphatic carbocycles. The van der Waals surface area contributed by atoms with Gasteiger partial charge in [-0.1, -0.05) is 63.1 Å².